The second kappa shape index (κ2) is 12.9. The third-order valence-electron chi connectivity index (χ3n) is 4.59. The SMILES string of the molecule is CC.Cc1cc(SCCC2=NCC(c3ccc(C(F)(F)F)cc3)=NS2)ccc1OC(C)C(=O)O. The molecule has 10 heteroatoms. The summed E-state index contributed by atoms with van der Waals surface area (Å²) < 4.78 is 47.9. The molecule has 1 N–H and O–H groups in total. The fourth-order valence-electron chi connectivity index (χ4n) is 2.79. The minimum atomic E-state index is -4.35. The van der Waals surface area contributed by atoms with Crippen molar-refractivity contribution in [1.29, 1.82) is 0 Å². The van der Waals surface area contributed by atoms with Crippen LogP contribution in [0.15, 0.2) is 56.8 Å². The van der Waals surface area contributed by atoms with Crippen LogP contribution in [0.25, 0.3) is 0 Å². The van der Waals surface area contributed by atoms with Gasteiger partial charge in [-0.15, -0.1) is 11.8 Å². The number of carboxylic acids is 1. The van der Waals surface area contributed by atoms with E-state index in [1.807, 2.05) is 32.9 Å². The van der Waals surface area contributed by atoms with E-state index in [1.165, 1.54) is 31.0 Å². The number of thioether (sulfide) groups is 1. The second-order valence-electron chi connectivity index (χ2n) is 7.04. The van der Waals surface area contributed by atoms with E-state index in [2.05, 4.69) is 9.39 Å². The molecule has 5 nitrogen and oxygen atoms in total. The van der Waals surface area contributed by atoms with Crippen LogP contribution in [0.1, 0.15) is 43.9 Å². The first-order valence-corrected chi connectivity index (χ1v) is 12.5. The molecule has 1 aliphatic heterocycles. The number of carbonyl (C=O) groups is 1. The summed E-state index contributed by atoms with van der Waals surface area (Å²) in [6.07, 6.45) is -4.55. The van der Waals surface area contributed by atoms with Crippen molar-refractivity contribution in [3.05, 3.63) is 59.2 Å². The molecule has 1 atom stereocenters. The van der Waals surface area contributed by atoms with Crippen LogP contribution >= 0.6 is 23.7 Å². The Labute approximate surface area is 206 Å². The number of aliphatic carboxylic acids is 1. The first-order chi connectivity index (χ1) is 16.1. The predicted octanol–water partition coefficient (Wildman–Crippen LogP) is 6.92. The van der Waals surface area contributed by atoms with Crippen LogP contribution in [-0.2, 0) is 11.0 Å². The third-order valence-corrected chi connectivity index (χ3v) is 6.45. The predicted molar refractivity (Wildman–Crippen MR) is 133 cm³/mol. The molecule has 0 spiro atoms. The van der Waals surface area contributed by atoms with Gasteiger partial charge in [0.25, 0.3) is 0 Å². The molecule has 0 saturated heterocycles. The number of aliphatic imine (C=N–C) groups is 1. The molecule has 34 heavy (non-hydrogen) atoms. The number of carboxylic acid groups (broad SMARTS) is 1. The zero-order valence-corrected chi connectivity index (χ0v) is 21.0. The van der Waals surface area contributed by atoms with Gasteiger partial charge in [-0.1, -0.05) is 26.0 Å². The highest BCUT2D eigenvalue weighted by Crippen LogP contribution is 2.30. The maximum Gasteiger partial charge on any atom is 0.416 e. The Morgan fingerprint density at radius 3 is 2.41 bits per heavy atom. The third kappa shape index (κ3) is 8.09. The van der Waals surface area contributed by atoms with E-state index in [1.54, 1.807) is 17.8 Å². The molecule has 0 saturated carbocycles. The molecule has 0 bridgehead atoms. The number of rotatable bonds is 8. The van der Waals surface area contributed by atoms with Crippen molar-refractivity contribution < 1.29 is 27.8 Å². The van der Waals surface area contributed by atoms with E-state index < -0.39 is 23.8 Å². The van der Waals surface area contributed by atoms with Crippen molar-refractivity contribution in [2.24, 2.45) is 9.39 Å². The largest absolute Gasteiger partial charge is 0.479 e. The number of alkyl halides is 3. The Balaban J connectivity index is 0.00000199. The number of halogens is 3. The summed E-state index contributed by atoms with van der Waals surface area (Å²) in [6, 6.07) is 10.6. The van der Waals surface area contributed by atoms with Gasteiger partial charge < -0.3 is 9.84 Å². The maximum atomic E-state index is 12.7. The summed E-state index contributed by atoms with van der Waals surface area (Å²) in [5.41, 5.74) is 1.47. The van der Waals surface area contributed by atoms with Gasteiger partial charge in [-0.3, -0.25) is 4.99 Å². The fraction of sp³-hybridized carbons (Fsp3) is 0.375. The molecule has 0 radical (unpaired) electrons. The number of hydrogen-bond donors (Lipinski definition) is 1. The molecule has 1 unspecified atom stereocenters. The molecule has 0 amide bonds. The number of aryl methyl sites for hydroxylation is 1. The minimum absolute atomic E-state index is 0.339. The van der Waals surface area contributed by atoms with Crippen molar-refractivity contribution in [3.8, 4) is 5.75 Å². The molecule has 2 aromatic carbocycles. The molecule has 1 heterocycles. The van der Waals surface area contributed by atoms with Crippen LogP contribution in [0.3, 0.4) is 0 Å². The van der Waals surface area contributed by atoms with Gasteiger partial charge >= 0.3 is 12.1 Å². The topological polar surface area (TPSA) is 71.2 Å². The van der Waals surface area contributed by atoms with Crippen molar-refractivity contribution in [2.45, 2.75) is 51.3 Å². The number of benzene rings is 2. The lowest BCUT2D eigenvalue weighted by Gasteiger charge is -2.14. The van der Waals surface area contributed by atoms with Crippen LogP contribution in [0.5, 0.6) is 5.75 Å². The lowest BCUT2D eigenvalue weighted by Crippen LogP contribution is -2.23. The van der Waals surface area contributed by atoms with E-state index in [-0.39, 0.29) is 0 Å². The van der Waals surface area contributed by atoms with E-state index in [4.69, 9.17) is 9.84 Å². The van der Waals surface area contributed by atoms with E-state index >= 15 is 0 Å². The van der Waals surface area contributed by atoms with Gasteiger partial charge in [-0.25, -0.2) is 9.19 Å². The highest BCUT2D eigenvalue weighted by Gasteiger charge is 2.30. The van der Waals surface area contributed by atoms with E-state index in [9.17, 15) is 18.0 Å². The average Bonchev–Trinajstić information content (AvgIpc) is 2.82. The summed E-state index contributed by atoms with van der Waals surface area (Å²) in [6.45, 7) is 7.69. The molecule has 2 aromatic rings. The van der Waals surface area contributed by atoms with Crippen molar-refractivity contribution in [3.63, 3.8) is 0 Å². The molecule has 184 valence electrons. The quantitative estimate of drug-likeness (QED) is 0.307. The van der Waals surface area contributed by atoms with Gasteiger partial charge in [0.1, 0.15) is 5.75 Å². The van der Waals surface area contributed by atoms with Gasteiger partial charge in [0.2, 0.25) is 0 Å². The molecular weight excluding hydrogens is 485 g/mol. The van der Waals surface area contributed by atoms with Crippen molar-refractivity contribution in [1.82, 2.24) is 0 Å². The number of nitrogens with zero attached hydrogens (tertiary/aromatic N) is 2. The van der Waals surface area contributed by atoms with Crippen molar-refractivity contribution in [2.75, 3.05) is 12.3 Å². The Morgan fingerprint density at radius 2 is 1.88 bits per heavy atom. The van der Waals surface area contributed by atoms with Crippen LogP contribution in [-0.4, -0.2) is 40.2 Å². The lowest BCUT2D eigenvalue weighted by atomic mass is 10.1. The Kier molecular flexibility index (Phi) is 10.5. The van der Waals surface area contributed by atoms with Crippen LogP contribution in [0.4, 0.5) is 13.2 Å². The zero-order valence-electron chi connectivity index (χ0n) is 19.3. The fourth-order valence-corrected chi connectivity index (χ4v) is 4.57. The lowest BCUT2D eigenvalue weighted by molar-refractivity contribution is -0.144. The van der Waals surface area contributed by atoms with E-state index in [0.717, 1.165) is 33.4 Å². The first-order valence-electron chi connectivity index (χ1n) is 10.7. The Morgan fingerprint density at radius 1 is 1.21 bits per heavy atom. The summed E-state index contributed by atoms with van der Waals surface area (Å²) in [5, 5.41) is 9.83. The molecule has 0 aromatic heterocycles. The summed E-state index contributed by atoms with van der Waals surface area (Å²) in [5.74, 6) is 0.307. The smallest absolute Gasteiger partial charge is 0.416 e. The molecule has 0 fully saturated rings. The minimum Gasteiger partial charge on any atom is -0.479 e. The standard InChI is InChI=1S/C22H21F3N2O3S2.C2H6/c1-13-11-17(7-8-19(13)30-14(2)21(28)29)31-10-9-20-26-12-18(27-32-20)15-3-5-16(6-4-15)22(23,24)25;1-2/h3-8,11,14H,9-10,12H2,1-2H3,(H,28,29);1-2H3. The Hall–Kier alpha value is -2.46. The molecule has 0 aliphatic carbocycles. The summed E-state index contributed by atoms with van der Waals surface area (Å²) in [4.78, 5) is 16.5. The zero-order chi connectivity index (χ0) is 25.3. The van der Waals surface area contributed by atoms with Gasteiger partial charge in [0, 0.05) is 29.0 Å². The molecular formula is C24H27F3N2O3S2. The van der Waals surface area contributed by atoms with Crippen LogP contribution < -0.4 is 4.74 Å². The second-order valence-corrected chi connectivity index (χ2v) is 9.04. The summed E-state index contributed by atoms with van der Waals surface area (Å²) >= 11 is 2.90. The Bertz CT molecular complexity index is 1040. The summed E-state index contributed by atoms with van der Waals surface area (Å²) in [7, 11) is 0. The van der Waals surface area contributed by atoms with E-state index in [0.29, 0.717) is 30.0 Å². The normalized spacial score (nSPS) is 14.3. The van der Waals surface area contributed by atoms with Crippen molar-refractivity contribution >= 4 is 40.4 Å². The monoisotopic (exact) mass is 512 g/mol. The number of ether oxygens (including phenoxy) is 1. The van der Waals surface area contributed by atoms with Gasteiger partial charge in [0.05, 0.1) is 22.9 Å². The molecule has 1 aliphatic rings. The van der Waals surface area contributed by atoms with Crippen LogP contribution in [0, 0.1) is 6.92 Å². The average molecular weight is 513 g/mol. The van der Waals surface area contributed by atoms with Gasteiger partial charge in [-0.05, 0) is 55.3 Å². The highest BCUT2D eigenvalue weighted by molar-refractivity contribution is 8.13. The van der Waals surface area contributed by atoms with Gasteiger partial charge in [0.15, 0.2) is 6.10 Å². The first kappa shape index (κ1) is 27.8. The van der Waals surface area contributed by atoms with Gasteiger partial charge in [-0.2, -0.15) is 13.2 Å². The highest BCUT2D eigenvalue weighted by atomic mass is 32.2. The number of hydrogen-bond acceptors (Lipinski definition) is 6. The maximum absolute atomic E-state index is 12.7. The molecule has 3 rings (SSSR count). The van der Waals surface area contributed by atoms with Crippen LogP contribution in [0.2, 0.25) is 0 Å².